The fourth-order valence-electron chi connectivity index (χ4n) is 13.2. The third-order valence-corrected chi connectivity index (χ3v) is 23.5. The number of carbonyl (C=O) groups is 2. The van der Waals surface area contributed by atoms with Crippen LogP contribution in [0.2, 0.25) is 0 Å². The van der Waals surface area contributed by atoms with E-state index in [9.17, 15) is 36.6 Å². The molecule has 572 valence electrons. The molecule has 8 aliphatic heterocycles. The van der Waals surface area contributed by atoms with Crippen molar-refractivity contribution in [2.45, 2.75) is 125 Å². The first kappa shape index (κ1) is 79.9. The summed E-state index contributed by atoms with van der Waals surface area (Å²) in [6.45, 7) is 20.2. The van der Waals surface area contributed by atoms with Crippen LogP contribution >= 0.6 is 22.6 Å². The van der Waals surface area contributed by atoms with Gasteiger partial charge in [-0.15, -0.1) is 0 Å². The van der Waals surface area contributed by atoms with E-state index in [1.807, 2.05) is 76.2 Å². The largest absolute Gasteiger partial charge is 0.494 e. The van der Waals surface area contributed by atoms with Gasteiger partial charge in [0.2, 0.25) is 33.6 Å². The number of nitrogens with one attached hydrogen (secondary N) is 3. The van der Waals surface area contributed by atoms with Crippen molar-refractivity contribution >= 4 is 54.8 Å². The van der Waals surface area contributed by atoms with E-state index in [1.165, 1.54) is 46.0 Å². The molecule has 8 aliphatic rings. The lowest BCUT2D eigenvalue weighted by Crippen LogP contribution is -2.51. The Morgan fingerprint density at radius 3 is 1.42 bits per heavy atom. The van der Waals surface area contributed by atoms with Gasteiger partial charge in [0.25, 0.3) is 0 Å². The second kappa shape index (κ2) is 38.8. The zero-order chi connectivity index (χ0) is 73.0. The van der Waals surface area contributed by atoms with Crippen LogP contribution in [0.1, 0.15) is 64.5 Å². The van der Waals surface area contributed by atoms with Gasteiger partial charge in [0.1, 0.15) is 23.7 Å². The Morgan fingerprint density at radius 1 is 0.573 bits per heavy atom. The zero-order valence-electron chi connectivity index (χ0n) is 60.0. The minimum atomic E-state index is -4.06. The van der Waals surface area contributed by atoms with Crippen molar-refractivity contribution in [1.82, 2.24) is 39.3 Å². The number of alkyl halides is 1. The number of nitrogens with zero attached hydrogens (tertiary/aromatic N) is 5. The Labute approximate surface area is 620 Å². The third-order valence-electron chi connectivity index (χ3n) is 19.0. The number of hydrogen-bond donors (Lipinski definition) is 5. The molecule has 5 N–H and O–H groups in total. The minimum absolute atomic E-state index is 0.0160. The summed E-state index contributed by atoms with van der Waals surface area (Å²) in [6.07, 6.45) is -1.96. The number of fused-ring (bicyclic) bond motifs is 4. The van der Waals surface area contributed by atoms with Crippen LogP contribution in [-0.4, -0.2) is 268 Å². The number of piperazine rings is 2. The van der Waals surface area contributed by atoms with Gasteiger partial charge in [-0.25, -0.2) is 26.4 Å². The molecule has 12 rings (SSSR count). The number of amides is 2. The fraction of sp³-hybridized carbons (Fsp3) is 0.639. The molecule has 28 nitrogen and oxygen atoms in total. The summed E-state index contributed by atoms with van der Waals surface area (Å²) in [6, 6.07) is 22.1. The van der Waals surface area contributed by atoms with Gasteiger partial charge in [-0.3, -0.25) is 0 Å². The average Bonchev–Trinajstić information content (AvgIpc) is 1.82. The van der Waals surface area contributed by atoms with E-state index in [2.05, 4.69) is 67.3 Å². The highest BCUT2D eigenvalue weighted by Crippen LogP contribution is 2.38. The molecular weight excluding hydrogens is 1490 g/mol. The van der Waals surface area contributed by atoms with Gasteiger partial charge < -0.3 is 97.7 Å². The van der Waals surface area contributed by atoms with Crippen molar-refractivity contribution in [2.75, 3.05) is 157 Å². The smallest absolute Gasteiger partial charge is 0.407 e. The molecule has 0 bridgehead atoms. The SMILES string of the molecule is CC(C)CN(C[C@@H](O)[C@H](Cc1ccc(OCCCI)cc1)NC(=O)O[C@H]1CO[C@H]2OCC[C@H]21)S(=O)(=O)c1ccc2c(c1)OCO2.CC(C)CN(C[C@@H](O)[C@H](Cc1ccc(OCCCN2CCN(C)CC2)cc1)NC(=O)O[C@H]1CO[C@H]2OCC[C@H]21)S(=O)(=O)c1ccc2c(c1)OCO2.CN1CCNCC1. The van der Waals surface area contributed by atoms with E-state index in [-0.39, 0.29) is 112 Å². The average molecular weight is 1590 g/mol. The summed E-state index contributed by atoms with van der Waals surface area (Å²) in [5.41, 5.74) is 1.65. The van der Waals surface area contributed by atoms with Crippen LogP contribution in [0.15, 0.2) is 94.7 Å². The summed E-state index contributed by atoms with van der Waals surface area (Å²) in [5, 5.41) is 32.2. The number of benzene rings is 4. The Hall–Kier alpha value is -5.63. The third kappa shape index (κ3) is 23.2. The van der Waals surface area contributed by atoms with E-state index in [4.69, 9.17) is 56.8 Å². The molecule has 0 spiro atoms. The van der Waals surface area contributed by atoms with E-state index >= 15 is 0 Å². The molecule has 0 unspecified atom stereocenters. The monoisotopic (exact) mass is 1590 g/mol. The number of aliphatic hydroxyl groups is 2. The molecule has 6 fully saturated rings. The Balaban J connectivity index is 0.000000203. The quantitative estimate of drug-likeness (QED) is 0.0226. The van der Waals surface area contributed by atoms with Crippen LogP contribution in [0.5, 0.6) is 34.5 Å². The first-order chi connectivity index (χ1) is 49.6. The topological polar surface area (TPSA) is 306 Å². The molecular formula is C72H105IN8O20S2. The molecule has 4 aromatic rings. The predicted molar refractivity (Wildman–Crippen MR) is 390 cm³/mol. The maximum absolute atomic E-state index is 14.0. The van der Waals surface area contributed by atoms with E-state index in [0.29, 0.717) is 49.4 Å². The van der Waals surface area contributed by atoms with Gasteiger partial charge in [-0.2, -0.15) is 8.61 Å². The second-order valence-electron chi connectivity index (χ2n) is 28.0. The maximum atomic E-state index is 14.0. The fourth-order valence-corrected chi connectivity index (χ4v) is 16.8. The lowest BCUT2D eigenvalue weighted by atomic mass is 10.0. The van der Waals surface area contributed by atoms with Gasteiger partial charge in [0, 0.05) is 102 Å². The lowest BCUT2D eigenvalue weighted by Gasteiger charge is -2.32. The summed E-state index contributed by atoms with van der Waals surface area (Å²) >= 11 is 2.30. The molecule has 31 heteroatoms. The normalized spacial score (nSPS) is 22.9. The molecule has 103 heavy (non-hydrogen) atoms. The molecule has 8 heterocycles. The van der Waals surface area contributed by atoms with Crippen LogP contribution in [-0.2, 0) is 61.3 Å². The number of sulfonamides is 2. The summed E-state index contributed by atoms with van der Waals surface area (Å²) in [5.74, 6) is 2.89. The second-order valence-corrected chi connectivity index (χ2v) is 33.0. The van der Waals surface area contributed by atoms with Crippen molar-refractivity contribution in [3.05, 3.63) is 96.1 Å². The molecule has 0 saturated carbocycles. The van der Waals surface area contributed by atoms with E-state index in [1.54, 1.807) is 12.1 Å². The molecule has 10 atom stereocenters. The Morgan fingerprint density at radius 2 is 1.00 bits per heavy atom. The first-order valence-corrected chi connectivity index (χ1v) is 40.3. The Kier molecular flexibility index (Phi) is 30.1. The lowest BCUT2D eigenvalue weighted by molar-refractivity contribution is -0.0909. The van der Waals surface area contributed by atoms with Crippen LogP contribution in [0.4, 0.5) is 9.59 Å². The maximum Gasteiger partial charge on any atom is 0.407 e. The van der Waals surface area contributed by atoms with Gasteiger partial charge in [-0.05, 0) is 124 Å². The highest BCUT2D eigenvalue weighted by molar-refractivity contribution is 14.1. The minimum Gasteiger partial charge on any atom is -0.494 e. The predicted octanol–water partition coefficient (Wildman–Crippen LogP) is 5.79. The van der Waals surface area contributed by atoms with Crippen molar-refractivity contribution < 1.29 is 93.5 Å². The standard InChI is InChI=1S/C36H52N4O10S.C31H41IN2O10S.C5H12N2/c1-25(2)21-40(51(43,44)28-9-10-32-33(20-28)49-24-48-32)22-31(41)30(37-36(42)50-34-23-47-35-29(34)11-18-46-35)19-26-5-7-27(8-6-26)45-17-4-12-39-15-13-38(3)14-16-39;1-20(2)16-34(45(37,38)23-8-9-27-28(15-23)43-19-42-27)17-26(35)25(14-21-4-6-22(7-5-21)39-12-3-11-32)33-31(36)44-29-18-41-30-24(29)10-13-40-30;1-7-4-2-6-3-5-7/h5-10,20,25,29-31,34-35,41H,4,11-19,21-24H2,1-3H3,(H,37,42);4-9,15,20,24-26,29-30,35H,3,10-14,16-19H2,1-2H3,(H,33,36);6H,2-5H2,1H3/t29-,30-,31+,34-,35+;24-,25-,26+,29-,30+;/m00./s1. The van der Waals surface area contributed by atoms with Gasteiger partial charge in [-0.1, -0.05) is 74.6 Å². The summed E-state index contributed by atoms with van der Waals surface area (Å²) in [7, 11) is -3.81. The van der Waals surface area contributed by atoms with E-state index < -0.39 is 68.7 Å². The number of carbonyl (C=O) groups excluding carboxylic acids is 2. The van der Waals surface area contributed by atoms with Gasteiger partial charge in [0.05, 0.1) is 85.6 Å². The number of rotatable bonds is 31. The van der Waals surface area contributed by atoms with Crippen LogP contribution < -0.4 is 44.4 Å². The number of ether oxygens (including phenoxy) is 12. The van der Waals surface area contributed by atoms with Crippen LogP contribution in [0.25, 0.3) is 0 Å². The van der Waals surface area contributed by atoms with Crippen LogP contribution in [0.3, 0.4) is 0 Å². The number of likely N-dealkylation sites (N-methyl/N-ethyl adjacent to an activating group) is 2. The number of hydrogen-bond acceptors (Lipinski definition) is 24. The number of halogens is 1. The molecule has 6 saturated heterocycles. The van der Waals surface area contributed by atoms with Crippen molar-refractivity contribution in [3.63, 3.8) is 0 Å². The molecule has 0 aromatic heterocycles. The highest BCUT2D eigenvalue weighted by Gasteiger charge is 2.46. The first-order valence-electron chi connectivity index (χ1n) is 35.9. The highest BCUT2D eigenvalue weighted by atomic mass is 127. The molecule has 0 aliphatic carbocycles. The van der Waals surface area contributed by atoms with Crippen LogP contribution in [0, 0.1) is 23.7 Å². The van der Waals surface area contributed by atoms with Crippen molar-refractivity contribution in [3.8, 4) is 34.5 Å². The molecule has 2 amide bonds. The molecule has 4 aromatic carbocycles. The summed E-state index contributed by atoms with van der Waals surface area (Å²) < 4.78 is 126. The van der Waals surface area contributed by atoms with Gasteiger partial charge in [0.15, 0.2) is 35.6 Å². The molecule has 0 radical (unpaired) electrons. The van der Waals surface area contributed by atoms with Crippen molar-refractivity contribution in [2.24, 2.45) is 23.7 Å². The summed E-state index contributed by atoms with van der Waals surface area (Å²) in [4.78, 5) is 33.6. The van der Waals surface area contributed by atoms with Crippen molar-refractivity contribution in [1.29, 1.82) is 0 Å². The zero-order valence-corrected chi connectivity index (χ0v) is 63.8. The van der Waals surface area contributed by atoms with E-state index in [0.717, 1.165) is 98.6 Å². The number of aliphatic hydroxyl groups excluding tert-OH is 2. The Bertz CT molecular complexity index is 3540. The number of alkyl carbamates (subject to hydrolysis) is 2. The van der Waals surface area contributed by atoms with Gasteiger partial charge >= 0.3 is 12.2 Å².